The van der Waals surface area contributed by atoms with Crippen molar-refractivity contribution in [2.45, 2.75) is 13.1 Å². The van der Waals surface area contributed by atoms with Crippen LogP contribution in [0.15, 0.2) is 59.1 Å². The summed E-state index contributed by atoms with van der Waals surface area (Å²) in [5, 5.41) is 9.60. The van der Waals surface area contributed by atoms with E-state index in [1.165, 1.54) is 5.56 Å². The van der Waals surface area contributed by atoms with E-state index in [-0.39, 0.29) is 0 Å². The second kappa shape index (κ2) is 8.57. The molecule has 0 aliphatic carbocycles. The van der Waals surface area contributed by atoms with Crippen LogP contribution in [0.4, 0.5) is 0 Å². The first-order chi connectivity index (χ1) is 13.7. The molecule has 142 valence electrons. The molecule has 1 aliphatic rings. The van der Waals surface area contributed by atoms with Crippen LogP contribution < -0.4 is 0 Å². The Morgan fingerprint density at radius 2 is 1.57 bits per heavy atom. The molecule has 1 fully saturated rings. The van der Waals surface area contributed by atoms with Crippen molar-refractivity contribution >= 4 is 11.6 Å². The molecule has 3 aromatic rings. The van der Waals surface area contributed by atoms with Crippen LogP contribution in [0, 0.1) is 11.3 Å². The van der Waals surface area contributed by atoms with Crippen molar-refractivity contribution in [1.82, 2.24) is 14.8 Å². The average Bonchev–Trinajstić information content (AvgIpc) is 3.19. The van der Waals surface area contributed by atoms with E-state index in [4.69, 9.17) is 21.3 Å². The van der Waals surface area contributed by atoms with Gasteiger partial charge in [0.15, 0.2) is 5.76 Å². The Morgan fingerprint density at radius 3 is 2.21 bits per heavy atom. The number of benzene rings is 2. The van der Waals surface area contributed by atoms with E-state index in [1.54, 1.807) is 6.20 Å². The zero-order chi connectivity index (χ0) is 19.3. The third kappa shape index (κ3) is 4.60. The lowest BCUT2D eigenvalue weighted by Crippen LogP contribution is -2.45. The summed E-state index contributed by atoms with van der Waals surface area (Å²) >= 11 is 5.94. The fourth-order valence-corrected chi connectivity index (χ4v) is 3.50. The molecule has 0 saturated carbocycles. The van der Waals surface area contributed by atoms with Gasteiger partial charge in [-0.15, -0.1) is 0 Å². The summed E-state index contributed by atoms with van der Waals surface area (Å²) in [6.07, 6.45) is 1.78. The molecule has 28 heavy (non-hydrogen) atoms. The highest BCUT2D eigenvalue weighted by Crippen LogP contribution is 2.23. The summed E-state index contributed by atoms with van der Waals surface area (Å²) in [6.45, 7) is 5.61. The van der Waals surface area contributed by atoms with Crippen molar-refractivity contribution in [1.29, 1.82) is 5.26 Å². The van der Waals surface area contributed by atoms with E-state index in [0.717, 1.165) is 56.5 Å². The number of piperazine rings is 1. The van der Waals surface area contributed by atoms with Gasteiger partial charge in [-0.1, -0.05) is 23.7 Å². The van der Waals surface area contributed by atoms with Gasteiger partial charge < -0.3 is 4.42 Å². The van der Waals surface area contributed by atoms with E-state index in [9.17, 15) is 0 Å². The number of halogens is 1. The third-order valence-corrected chi connectivity index (χ3v) is 5.25. The molecule has 1 aliphatic heterocycles. The molecule has 0 atom stereocenters. The Morgan fingerprint density at radius 1 is 0.929 bits per heavy atom. The van der Waals surface area contributed by atoms with E-state index < -0.39 is 0 Å². The quantitative estimate of drug-likeness (QED) is 0.651. The van der Waals surface area contributed by atoms with E-state index >= 15 is 0 Å². The molecule has 0 bridgehead atoms. The Labute approximate surface area is 169 Å². The normalized spacial score (nSPS) is 15.4. The smallest absolute Gasteiger partial charge is 0.209 e. The molecule has 4 rings (SSSR count). The molecule has 0 radical (unpaired) electrons. The summed E-state index contributed by atoms with van der Waals surface area (Å²) < 4.78 is 5.92. The molecule has 2 aromatic carbocycles. The van der Waals surface area contributed by atoms with Crippen LogP contribution in [0.5, 0.6) is 0 Å². The Kier molecular flexibility index (Phi) is 5.73. The molecular weight excluding hydrogens is 372 g/mol. The first-order valence-corrected chi connectivity index (χ1v) is 9.72. The summed E-state index contributed by atoms with van der Waals surface area (Å²) in [7, 11) is 0. The van der Waals surface area contributed by atoms with Gasteiger partial charge in [0.25, 0.3) is 0 Å². The maximum absolute atomic E-state index is 8.89. The van der Waals surface area contributed by atoms with Crippen molar-refractivity contribution in [3.8, 4) is 17.4 Å². The largest absolute Gasteiger partial charge is 0.439 e. The number of nitrogens with zero attached hydrogens (tertiary/aromatic N) is 4. The fraction of sp³-hybridized carbons (Fsp3) is 0.273. The van der Waals surface area contributed by atoms with Crippen LogP contribution in [0.25, 0.3) is 11.3 Å². The van der Waals surface area contributed by atoms with Gasteiger partial charge in [-0.05, 0) is 42.0 Å². The fourth-order valence-electron chi connectivity index (χ4n) is 3.37. The van der Waals surface area contributed by atoms with Gasteiger partial charge in [0.1, 0.15) is 0 Å². The van der Waals surface area contributed by atoms with Crippen molar-refractivity contribution in [3.05, 3.63) is 76.8 Å². The van der Waals surface area contributed by atoms with E-state index in [2.05, 4.69) is 20.9 Å². The van der Waals surface area contributed by atoms with Crippen LogP contribution >= 0.6 is 11.6 Å². The molecule has 0 amide bonds. The molecule has 0 N–H and O–H groups in total. The Hall–Kier alpha value is -2.65. The van der Waals surface area contributed by atoms with Gasteiger partial charge in [0.2, 0.25) is 5.89 Å². The molecule has 5 nitrogen and oxygen atoms in total. The maximum Gasteiger partial charge on any atom is 0.209 e. The van der Waals surface area contributed by atoms with Crippen molar-refractivity contribution < 1.29 is 4.42 Å². The standard InChI is InChI=1S/C22H21ClN4O/c23-20-7-5-19(6-8-20)21-14-25-22(28-21)16-27-11-9-26(10-12-27)15-18-3-1-17(13-24)2-4-18/h1-8,14H,9-12,15-16H2. The van der Waals surface area contributed by atoms with Crippen LogP contribution in [0.1, 0.15) is 17.0 Å². The summed E-state index contributed by atoms with van der Waals surface area (Å²) in [5.74, 6) is 1.51. The van der Waals surface area contributed by atoms with Gasteiger partial charge in [0.05, 0.1) is 24.4 Å². The molecule has 0 unspecified atom stereocenters. The molecule has 6 heteroatoms. The number of hydrogen-bond acceptors (Lipinski definition) is 5. The van der Waals surface area contributed by atoms with Gasteiger partial charge in [-0.25, -0.2) is 4.98 Å². The number of aromatic nitrogens is 1. The van der Waals surface area contributed by atoms with Crippen LogP contribution in [-0.2, 0) is 13.1 Å². The zero-order valence-corrected chi connectivity index (χ0v) is 16.3. The van der Waals surface area contributed by atoms with Gasteiger partial charge in [-0.3, -0.25) is 9.80 Å². The minimum atomic E-state index is 0.706. The van der Waals surface area contributed by atoms with Crippen LogP contribution in [0.2, 0.25) is 5.02 Å². The summed E-state index contributed by atoms with van der Waals surface area (Å²) in [4.78, 5) is 9.24. The predicted molar refractivity (Wildman–Crippen MR) is 109 cm³/mol. The second-order valence-electron chi connectivity index (χ2n) is 6.99. The Balaban J connectivity index is 1.28. The van der Waals surface area contributed by atoms with Crippen LogP contribution in [0.3, 0.4) is 0 Å². The highest BCUT2D eigenvalue weighted by atomic mass is 35.5. The minimum absolute atomic E-state index is 0.706. The number of oxazole rings is 1. The van der Waals surface area contributed by atoms with E-state index in [1.807, 2.05) is 48.5 Å². The number of rotatable bonds is 5. The third-order valence-electron chi connectivity index (χ3n) is 5.00. The monoisotopic (exact) mass is 392 g/mol. The molecule has 1 aromatic heterocycles. The van der Waals surface area contributed by atoms with E-state index in [0.29, 0.717) is 10.6 Å². The maximum atomic E-state index is 8.89. The lowest BCUT2D eigenvalue weighted by Gasteiger charge is -2.34. The number of nitriles is 1. The highest BCUT2D eigenvalue weighted by Gasteiger charge is 2.19. The molecule has 2 heterocycles. The SMILES string of the molecule is N#Cc1ccc(CN2CCN(Cc3ncc(-c4ccc(Cl)cc4)o3)CC2)cc1. The average molecular weight is 393 g/mol. The lowest BCUT2D eigenvalue weighted by molar-refractivity contribution is 0.114. The topological polar surface area (TPSA) is 56.3 Å². The van der Waals surface area contributed by atoms with Crippen LogP contribution in [-0.4, -0.2) is 41.0 Å². The number of hydrogen-bond donors (Lipinski definition) is 0. The Bertz CT molecular complexity index is 951. The van der Waals surface area contributed by atoms with Gasteiger partial charge in [0, 0.05) is 43.3 Å². The predicted octanol–water partition coefficient (Wildman–Crippen LogP) is 4.18. The summed E-state index contributed by atoms with van der Waals surface area (Å²) in [6, 6.07) is 17.6. The molecule has 1 saturated heterocycles. The van der Waals surface area contributed by atoms with Crippen molar-refractivity contribution in [3.63, 3.8) is 0 Å². The first kappa shape index (κ1) is 18.7. The zero-order valence-electron chi connectivity index (χ0n) is 15.5. The molecular formula is C22H21ClN4O. The van der Waals surface area contributed by atoms with Gasteiger partial charge in [-0.2, -0.15) is 5.26 Å². The second-order valence-corrected chi connectivity index (χ2v) is 7.42. The highest BCUT2D eigenvalue weighted by molar-refractivity contribution is 6.30. The summed E-state index contributed by atoms with van der Waals surface area (Å²) in [5.41, 5.74) is 2.93. The van der Waals surface area contributed by atoms with Crippen molar-refractivity contribution in [2.75, 3.05) is 26.2 Å². The van der Waals surface area contributed by atoms with Crippen molar-refractivity contribution in [2.24, 2.45) is 0 Å². The first-order valence-electron chi connectivity index (χ1n) is 9.34. The molecule has 0 spiro atoms. The van der Waals surface area contributed by atoms with Gasteiger partial charge >= 0.3 is 0 Å². The lowest BCUT2D eigenvalue weighted by atomic mass is 10.1. The minimum Gasteiger partial charge on any atom is -0.439 e.